The largest absolute Gasteiger partial charge is 0.331 e. The maximum absolute atomic E-state index is 11.8. The number of halogens is 1. The number of nitrogens with one attached hydrogen (secondary N) is 2. The van der Waals surface area contributed by atoms with Crippen LogP contribution in [0.5, 0.6) is 0 Å². The average Bonchev–Trinajstić information content (AvgIpc) is 2.33. The molecule has 0 aliphatic heterocycles. The lowest BCUT2D eigenvalue weighted by Crippen LogP contribution is -2.63. The number of hydrogen-bond acceptors (Lipinski definition) is 6. The van der Waals surface area contributed by atoms with Crippen molar-refractivity contribution >= 4 is 35.0 Å². The van der Waals surface area contributed by atoms with E-state index in [2.05, 4.69) is 10.6 Å². The van der Waals surface area contributed by atoms with Crippen LogP contribution >= 0.6 is 11.6 Å². The van der Waals surface area contributed by atoms with Crippen LogP contribution in [0.1, 0.15) is 33.6 Å². The maximum Gasteiger partial charge on any atom is 0.229 e. The van der Waals surface area contributed by atoms with E-state index < -0.39 is 23.1 Å². The summed E-state index contributed by atoms with van der Waals surface area (Å²) in [5.74, 6) is -1.79. The first-order chi connectivity index (χ1) is 10.9. The molecule has 24 heavy (non-hydrogen) atoms. The first-order valence-corrected chi connectivity index (χ1v) is 7.53. The van der Waals surface area contributed by atoms with Crippen molar-refractivity contribution in [2.75, 3.05) is 0 Å². The quantitative estimate of drug-likeness (QED) is 0.289. The fraction of sp³-hybridized carbons (Fsp3) is 0.467. The van der Waals surface area contributed by atoms with E-state index >= 15 is 0 Å². The molecule has 0 bridgehead atoms. The lowest BCUT2D eigenvalue weighted by molar-refractivity contribution is -0.129. The monoisotopic (exact) mass is 356 g/mol. The Bertz CT molecular complexity index is 602. The van der Waals surface area contributed by atoms with Gasteiger partial charge in [0.15, 0.2) is 0 Å². The van der Waals surface area contributed by atoms with Gasteiger partial charge in [0.05, 0.1) is 17.9 Å². The minimum atomic E-state index is -1.54. The third-order valence-electron chi connectivity index (χ3n) is 3.36. The minimum absolute atomic E-state index is 0.0318. The fourth-order valence-corrected chi connectivity index (χ4v) is 2.47. The van der Waals surface area contributed by atoms with Gasteiger partial charge in [-0.2, -0.15) is 0 Å². The molecule has 9 heteroatoms. The Morgan fingerprint density at radius 1 is 0.958 bits per heavy atom. The molecule has 6 N–H and O–H groups in total. The Balaban J connectivity index is 2.99. The van der Waals surface area contributed by atoms with Crippen molar-refractivity contribution in [3.63, 3.8) is 0 Å². The molecule has 2 atom stereocenters. The summed E-state index contributed by atoms with van der Waals surface area (Å²) in [6.45, 7) is 4.15. The van der Waals surface area contributed by atoms with Crippen molar-refractivity contribution in [3.8, 4) is 0 Å². The first kappa shape index (κ1) is 20.0. The van der Waals surface area contributed by atoms with E-state index in [-0.39, 0.29) is 29.4 Å². The van der Waals surface area contributed by atoms with Crippen LogP contribution in [-0.4, -0.2) is 34.7 Å². The zero-order valence-electron chi connectivity index (χ0n) is 13.7. The molecule has 1 aliphatic carbocycles. The predicted octanol–water partition coefficient (Wildman–Crippen LogP) is -0.430. The van der Waals surface area contributed by atoms with Crippen molar-refractivity contribution in [1.29, 1.82) is 0 Å². The van der Waals surface area contributed by atoms with Gasteiger partial charge in [-0.25, -0.2) is 0 Å². The Kier molecular flexibility index (Phi) is 6.04. The molecular formula is C15H21ClN4O4. The zero-order chi connectivity index (χ0) is 18.7. The Morgan fingerprint density at radius 3 is 1.79 bits per heavy atom. The standard InChI is InChI=1S/C15H21ClN4O4/c1-8-6-15(18,20-13(24)5-10(3)22)11(16)7-14(8,17)19-12(23)4-9(2)21/h6-7H,4-5,17-18H2,1-3H3,(H,19,23)(H,20,24). The summed E-state index contributed by atoms with van der Waals surface area (Å²) < 4.78 is 0. The van der Waals surface area contributed by atoms with Gasteiger partial charge in [0.2, 0.25) is 11.8 Å². The molecular weight excluding hydrogens is 336 g/mol. The average molecular weight is 357 g/mol. The van der Waals surface area contributed by atoms with E-state index in [4.69, 9.17) is 23.1 Å². The Morgan fingerprint density at radius 2 is 1.38 bits per heavy atom. The molecule has 0 saturated heterocycles. The molecule has 0 fully saturated rings. The summed E-state index contributed by atoms with van der Waals surface area (Å²) >= 11 is 6.14. The topological polar surface area (TPSA) is 144 Å². The van der Waals surface area contributed by atoms with Gasteiger partial charge in [0.1, 0.15) is 22.9 Å². The molecule has 0 spiro atoms. The second kappa shape index (κ2) is 7.25. The maximum atomic E-state index is 11.8. The van der Waals surface area contributed by atoms with Crippen LogP contribution in [0.25, 0.3) is 0 Å². The molecule has 0 radical (unpaired) electrons. The van der Waals surface area contributed by atoms with E-state index in [9.17, 15) is 19.2 Å². The van der Waals surface area contributed by atoms with Gasteiger partial charge in [-0.1, -0.05) is 11.6 Å². The normalized spacial score (nSPS) is 26.1. The van der Waals surface area contributed by atoms with Crippen LogP contribution in [0.4, 0.5) is 0 Å². The van der Waals surface area contributed by atoms with Crippen molar-refractivity contribution < 1.29 is 19.2 Å². The second-order valence-electron chi connectivity index (χ2n) is 5.91. The van der Waals surface area contributed by atoms with Gasteiger partial charge in [-0.15, -0.1) is 0 Å². The lowest BCUT2D eigenvalue weighted by atomic mass is 9.89. The molecule has 1 aliphatic rings. The number of Topliss-reactive ketones (excluding diaryl/α,β-unsaturated/α-hetero) is 2. The number of nitrogens with two attached hydrogens (primary N) is 2. The summed E-state index contributed by atoms with van der Waals surface area (Å²) in [6, 6.07) is 0. The van der Waals surface area contributed by atoms with Crippen molar-refractivity contribution in [2.24, 2.45) is 11.5 Å². The molecule has 0 aromatic carbocycles. The van der Waals surface area contributed by atoms with E-state index in [1.54, 1.807) is 6.92 Å². The van der Waals surface area contributed by atoms with Crippen molar-refractivity contribution in [1.82, 2.24) is 10.6 Å². The first-order valence-electron chi connectivity index (χ1n) is 7.15. The second-order valence-corrected chi connectivity index (χ2v) is 6.32. The van der Waals surface area contributed by atoms with E-state index in [1.165, 1.54) is 26.0 Å². The number of carbonyl (C=O) groups excluding carboxylic acids is 4. The molecule has 0 heterocycles. The highest BCUT2D eigenvalue weighted by Gasteiger charge is 2.40. The summed E-state index contributed by atoms with van der Waals surface area (Å²) in [6.07, 6.45) is 2.03. The molecule has 2 unspecified atom stereocenters. The van der Waals surface area contributed by atoms with Crippen molar-refractivity contribution in [3.05, 3.63) is 22.8 Å². The van der Waals surface area contributed by atoms with E-state index in [0.29, 0.717) is 5.57 Å². The summed E-state index contributed by atoms with van der Waals surface area (Å²) in [5.41, 5.74) is 9.61. The molecule has 132 valence electrons. The van der Waals surface area contributed by atoms with Crippen LogP contribution in [0, 0.1) is 0 Å². The minimum Gasteiger partial charge on any atom is -0.331 e. The summed E-state index contributed by atoms with van der Waals surface area (Å²) in [4.78, 5) is 45.6. The molecule has 1 rings (SSSR count). The van der Waals surface area contributed by atoms with Gasteiger partial charge < -0.3 is 22.1 Å². The van der Waals surface area contributed by atoms with Crippen LogP contribution in [0.15, 0.2) is 22.8 Å². The highest BCUT2D eigenvalue weighted by molar-refractivity contribution is 6.31. The number of ketones is 2. The summed E-state index contributed by atoms with van der Waals surface area (Å²) in [7, 11) is 0. The fourth-order valence-electron chi connectivity index (χ4n) is 2.20. The highest BCUT2D eigenvalue weighted by Crippen LogP contribution is 2.30. The number of carbonyl (C=O) groups is 4. The van der Waals surface area contributed by atoms with Crippen LogP contribution in [0.2, 0.25) is 0 Å². The molecule has 8 nitrogen and oxygen atoms in total. The van der Waals surface area contributed by atoms with Gasteiger partial charge in [0.25, 0.3) is 0 Å². The third kappa shape index (κ3) is 4.98. The van der Waals surface area contributed by atoms with Crippen LogP contribution in [-0.2, 0) is 19.2 Å². The molecule has 0 saturated carbocycles. The molecule has 2 amide bonds. The van der Waals surface area contributed by atoms with Gasteiger partial charge in [-0.05, 0) is 38.5 Å². The summed E-state index contributed by atoms with van der Waals surface area (Å²) in [5, 5.41) is 4.91. The molecule has 0 aromatic rings. The zero-order valence-corrected chi connectivity index (χ0v) is 14.5. The van der Waals surface area contributed by atoms with E-state index in [1.807, 2.05) is 0 Å². The van der Waals surface area contributed by atoms with Crippen LogP contribution in [0.3, 0.4) is 0 Å². The number of rotatable bonds is 6. The van der Waals surface area contributed by atoms with Gasteiger partial charge in [-0.3, -0.25) is 19.2 Å². The van der Waals surface area contributed by atoms with Crippen molar-refractivity contribution in [2.45, 2.75) is 44.9 Å². The number of amides is 2. The Labute approximate surface area is 144 Å². The van der Waals surface area contributed by atoms with Gasteiger partial charge in [0, 0.05) is 0 Å². The van der Waals surface area contributed by atoms with Crippen LogP contribution < -0.4 is 22.1 Å². The SMILES string of the molecule is CC(=O)CC(=O)NC1(N)C=C(Cl)C(N)(NC(=O)CC(C)=O)C=C1C. The van der Waals surface area contributed by atoms with E-state index in [0.717, 1.165) is 0 Å². The third-order valence-corrected chi connectivity index (χ3v) is 3.78. The predicted molar refractivity (Wildman–Crippen MR) is 88.4 cm³/mol. The highest BCUT2D eigenvalue weighted by atomic mass is 35.5. The lowest BCUT2D eigenvalue weighted by Gasteiger charge is -2.38. The molecule has 0 aromatic heterocycles. The Hall–Kier alpha value is -2.03. The van der Waals surface area contributed by atoms with Gasteiger partial charge >= 0.3 is 0 Å². The smallest absolute Gasteiger partial charge is 0.229 e. The number of hydrogen-bond donors (Lipinski definition) is 4.